The second-order valence-corrected chi connectivity index (χ2v) is 5.46. The lowest BCUT2D eigenvalue weighted by atomic mass is 9.77. The highest BCUT2D eigenvalue weighted by molar-refractivity contribution is 5.91. The van der Waals surface area contributed by atoms with Crippen LogP contribution < -0.4 is 5.32 Å². The zero-order valence-electron chi connectivity index (χ0n) is 12.5. The van der Waals surface area contributed by atoms with Gasteiger partial charge in [-0.3, -0.25) is 4.79 Å². The zero-order chi connectivity index (χ0) is 15.3. The molecule has 1 aliphatic carbocycles. The van der Waals surface area contributed by atoms with Crippen molar-refractivity contribution in [1.82, 2.24) is 0 Å². The second kappa shape index (κ2) is 6.75. The zero-order valence-corrected chi connectivity index (χ0v) is 12.5. The molecule has 4 nitrogen and oxygen atoms in total. The van der Waals surface area contributed by atoms with Crippen LogP contribution in [0.3, 0.4) is 0 Å². The Kier molecular flexibility index (Phi) is 5.00. The third-order valence-corrected chi connectivity index (χ3v) is 4.00. The molecule has 0 saturated heterocycles. The summed E-state index contributed by atoms with van der Waals surface area (Å²) in [4.78, 5) is 12.1. The van der Waals surface area contributed by atoms with E-state index >= 15 is 0 Å². The maximum Gasteiger partial charge on any atom is 0.227 e. The van der Waals surface area contributed by atoms with Crippen molar-refractivity contribution in [3.63, 3.8) is 0 Å². The van der Waals surface area contributed by atoms with E-state index in [2.05, 4.69) is 17.2 Å². The Bertz CT molecular complexity index is 574. The lowest BCUT2D eigenvalue weighted by Gasteiger charge is -2.39. The van der Waals surface area contributed by atoms with Gasteiger partial charge in [0.1, 0.15) is 6.61 Å². The van der Waals surface area contributed by atoms with Crippen molar-refractivity contribution in [2.75, 3.05) is 19.0 Å². The molecule has 2 N–H and O–H groups in total. The SMILES string of the molecule is COC1(CC(=O)Nc2ccc(C)c(C#CCO)c2)CCC1. The van der Waals surface area contributed by atoms with Gasteiger partial charge in [-0.1, -0.05) is 17.9 Å². The lowest BCUT2D eigenvalue weighted by Crippen LogP contribution is -2.42. The van der Waals surface area contributed by atoms with Gasteiger partial charge in [-0.15, -0.1) is 0 Å². The highest BCUT2D eigenvalue weighted by atomic mass is 16.5. The minimum Gasteiger partial charge on any atom is -0.384 e. The number of rotatable bonds is 4. The standard InChI is InChI=1S/C17H21NO3/c1-13-6-7-15(11-14(13)5-3-10-19)18-16(20)12-17(21-2)8-4-9-17/h6-7,11,19H,4,8-10,12H2,1-2H3,(H,18,20). The summed E-state index contributed by atoms with van der Waals surface area (Å²) in [6, 6.07) is 5.60. The summed E-state index contributed by atoms with van der Waals surface area (Å²) in [6.45, 7) is 1.77. The predicted molar refractivity (Wildman–Crippen MR) is 82.0 cm³/mol. The van der Waals surface area contributed by atoms with Crippen LogP contribution in [0, 0.1) is 18.8 Å². The molecule has 0 spiro atoms. The molecule has 1 saturated carbocycles. The van der Waals surface area contributed by atoms with E-state index in [1.807, 2.05) is 25.1 Å². The van der Waals surface area contributed by atoms with Gasteiger partial charge >= 0.3 is 0 Å². The number of hydrogen-bond acceptors (Lipinski definition) is 3. The average Bonchev–Trinajstić information content (AvgIpc) is 2.43. The van der Waals surface area contributed by atoms with Gasteiger partial charge < -0.3 is 15.2 Å². The van der Waals surface area contributed by atoms with Crippen molar-refractivity contribution in [3.8, 4) is 11.8 Å². The van der Waals surface area contributed by atoms with Gasteiger partial charge in [0.2, 0.25) is 5.91 Å². The van der Waals surface area contributed by atoms with E-state index in [1.54, 1.807) is 7.11 Å². The maximum atomic E-state index is 12.1. The van der Waals surface area contributed by atoms with Crippen LogP contribution in [0.4, 0.5) is 5.69 Å². The summed E-state index contributed by atoms with van der Waals surface area (Å²) in [7, 11) is 1.67. The molecule has 0 atom stereocenters. The highest BCUT2D eigenvalue weighted by Crippen LogP contribution is 2.38. The number of nitrogens with one attached hydrogen (secondary N) is 1. The van der Waals surface area contributed by atoms with Crippen LogP contribution in [-0.2, 0) is 9.53 Å². The van der Waals surface area contributed by atoms with Gasteiger partial charge in [-0.2, -0.15) is 0 Å². The first-order chi connectivity index (χ1) is 10.1. The minimum atomic E-state index is -0.270. The van der Waals surface area contributed by atoms with E-state index in [4.69, 9.17) is 9.84 Å². The molecule has 0 radical (unpaired) electrons. The van der Waals surface area contributed by atoms with E-state index in [0.717, 1.165) is 36.1 Å². The van der Waals surface area contributed by atoms with E-state index in [-0.39, 0.29) is 18.1 Å². The second-order valence-electron chi connectivity index (χ2n) is 5.46. The number of methoxy groups -OCH3 is 1. The fourth-order valence-electron chi connectivity index (χ4n) is 2.49. The Morgan fingerprint density at radius 1 is 1.48 bits per heavy atom. The van der Waals surface area contributed by atoms with Crippen LogP contribution in [-0.4, -0.2) is 30.3 Å². The molecule has 1 aromatic rings. The molecular weight excluding hydrogens is 266 g/mol. The number of aliphatic hydroxyl groups is 1. The van der Waals surface area contributed by atoms with Crippen molar-refractivity contribution in [2.45, 2.75) is 38.2 Å². The summed E-state index contributed by atoms with van der Waals surface area (Å²) in [5.41, 5.74) is 2.28. The van der Waals surface area contributed by atoms with Gasteiger partial charge in [-0.25, -0.2) is 0 Å². The lowest BCUT2D eigenvalue weighted by molar-refractivity contribution is -0.129. The molecule has 2 rings (SSSR count). The summed E-state index contributed by atoms with van der Waals surface area (Å²) in [6.07, 6.45) is 3.39. The largest absolute Gasteiger partial charge is 0.384 e. The van der Waals surface area contributed by atoms with Gasteiger partial charge in [0.25, 0.3) is 0 Å². The molecular formula is C17H21NO3. The monoisotopic (exact) mass is 287 g/mol. The molecule has 1 aromatic carbocycles. The number of carbonyl (C=O) groups excluding carboxylic acids is 1. The summed E-state index contributed by atoms with van der Waals surface area (Å²) < 4.78 is 5.47. The third-order valence-electron chi connectivity index (χ3n) is 4.00. The number of aliphatic hydroxyl groups excluding tert-OH is 1. The van der Waals surface area contributed by atoms with Gasteiger partial charge in [0.05, 0.1) is 12.0 Å². The van der Waals surface area contributed by atoms with E-state index in [1.165, 1.54) is 0 Å². The summed E-state index contributed by atoms with van der Waals surface area (Å²) >= 11 is 0. The Morgan fingerprint density at radius 3 is 2.81 bits per heavy atom. The number of carbonyl (C=O) groups is 1. The molecule has 112 valence electrons. The quantitative estimate of drug-likeness (QED) is 0.835. The third kappa shape index (κ3) is 3.84. The Labute approximate surface area is 125 Å². The number of aryl methyl sites for hydroxylation is 1. The van der Waals surface area contributed by atoms with Crippen LogP contribution in [0.2, 0.25) is 0 Å². The van der Waals surface area contributed by atoms with Crippen molar-refractivity contribution in [2.24, 2.45) is 0 Å². The van der Waals surface area contributed by atoms with Gasteiger partial charge in [0.15, 0.2) is 0 Å². The Hall–Kier alpha value is -1.83. The van der Waals surface area contributed by atoms with E-state index < -0.39 is 0 Å². The normalized spacial score (nSPS) is 15.6. The number of hydrogen-bond donors (Lipinski definition) is 2. The Morgan fingerprint density at radius 2 is 2.24 bits per heavy atom. The molecule has 1 amide bonds. The smallest absolute Gasteiger partial charge is 0.227 e. The summed E-state index contributed by atoms with van der Waals surface area (Å²) in [5, 5.41) is 11.7. The molecule has 0 heterocycles. The minimum absolute atomic E-state index is 0.0403. The first kappa shape index (κ1) is 15.6. The number of anilines is 1. The molecule has 0 unspecified atom stereocenters. The van der Waals surface area contributed by atoms with Crippen LogP contribution in [0.15, 0.2) is 18.2 Å². The maximum absolute atomic E-state index is 12.1. The van der Waals surface area contributed by atoms with Crippen LogP contribution in [0.25, 0.3) is 0 Å². The molecule has 0 bridgehead atoms. The molecule has 1 fully saturated rings. The molecule has 0 aliphatic heterocycles. The highest BCUT2D eigenvalue weighted by Gasteiger charge is 2.38. The molecule has 21 heavy (non-hydrogen) atoms. The molecule has 0 aromatic heterocycles. The van der Waals surface area contributed by atoms with Crippen LogP contribution >= 0.6 is 0 Å². The first-order valence-corrected chi connectivity index (χ1v) is 7.14. The van der Waals surface area contributed by atoms with E-state index in [9.17, 15) is 4.79 Å². The predicted octanol–water partition coefficient (Wildman–Crippen LogP) is 2.24. The van der Waals surface area contributed by atoms with Crippen molar-refractivity contribution in [3.05, 3.63) is 29.3 Å². The Balaban J connectivity index is 2.04. The number of amides is 1. The fraction of sp³-hybridized carbons (Fsp3) is 0.471. The van der Waals surface area contributed by atoms with Gasteiger partial charge in [0, 0.05) is 18.4 Å². The first-order valence-electron chi connectivity index (χ1n) is 7.14. The average molecular weight is 287 g/mol. The van der Waals surface area contributed by atoms with Crippen molar-refractivity contribution >= 4 is 11.6 Å². The van der Waals surface area contributed by atoms with E-state index in [0.29, 0.717) is 6.42 Å². The molecule has 4 heteroatoms. The van der Waals surface area contributed by atoms with Crippen LogP contribution in [0.5, 0.6) is 0 Å². The fourth-order valence-corrected chi connectivity index (χ4v) is 2.49. The topological polar surface area (TPSA) is 58.6 Å². The number of ether oxygens (including phenoxy) is 1. The molecule has 1 aliphatic rings. The van der Waals surface area contributed by atoms with Gasteiger partial charge in [-0.05, 0) is 43.9 Å². The number of benzene rings is 1. The van der Waals surface area contributed by atoms with Crippen molar-refractivity contribution < 1.29 is 14.6 Å². The summed E-state index contributed by atoms with van der Waals surface area (Å²) in [5.74, 6) is 5.47. The van der Waals surface area contributed by atoms with Crippen molar-refractivity contribution in [1.29, 1.82) is 0 Å². The van der Waals surface area contributed by atoms with Crippen LogP contribution in [0.1, 0.15) is 36.8 Å².